The lowest BCUT2D eigenvalue weighted by Gasteiger charge is -2.18. The van der Waals surface area contributed by atoms with Crippen LogP contribution in [0.4, 0.5) is 0 Å². The van der Waals surface area contributed by atoms with Gasteiger partial charge in [0, 0.05) is 11.1 Å². The summed E-state index contributed by atoms with van der Waals surface area (Å²) in [6, 6.07) is 26.1. The molecule has 0 saturated heterocycles. The van der Waals surface area contributed by atoms with E-state index in [0.29, 0.717) is 18.3 Å². The minimum atomic E-state index is 0.116. The van der Waals surface area contributed by atoms with E-state index in [1.165, 1.54) is 5.56 Å². The first-order valence-corrected chi connectivity index (χ1v) is 9.71. The molecule has 0 bridgehead atoms. The topological polar surface area (TPSA) is 48.2 Å². The van der Waals surface area contributed by atoms with E-state index < -0.39 is 0 Å². The van der Waals surface area contributed by atoms with Gasteiger partial charge in [0.25, 0.3) is 5.89 Å². The molecule has 4 aromatic rings. The van der Waals surface area contributed by atoms with Gasteiger partial charge in [-0.25, -0.2) is 0 Å². The second-order valence-corrected chi connectivity index (χ2v) is 8.05. The Morgan fingerprint density at radius 2 is 1.45 bits per heavy atom. The summed E-state index contributed by atoms with van der Waals surface area (Å²) in [5, 5.41) is 4.14. The van der Waals surface area contributed by atoms with E-state index >= 15 is 0 Å². The molecule has 4 heteroatoms. The van der Waals surface area contributed by atoms with Crippen molar-refractivity contribution in [2.45, 2.75) is 32.8 Å². The van der Waals surface area contributed by atoms with Gasteiger partial charge in [-0.2, -0.15) is 4.98 Å². The highest BCUT2D eigenvalue weighted by molar-refractivity contribution is 5.60. The van der Waals surface area contributed by atoms with Crippen molar-refractivity contribution in [3.8, 4) is 28.6 Å². The number of rotatable bonds is 5. The molecular formula is C25H24N2O2. The third kappa shape index (κ3) is 4.54. The first-order valence-electron chi connectivity index (χ1n) is 9.71. The number of aromatic nitrogens is 2. The van der Waals surface area contributed by atoms with Crippen LogP contribution in [0.1, 0.15) is 31.9 Å². The fraction of sp³-hybridized carbons (Fsp3) is 0.200. The van der Waals surface area contributed by atoms with Crippen LogP contribution in [0.15, 0.2) is 83.4 Å². The van der Waals surface area contributed by atoms with Gasteiger partial charge in [0.1, 0.15) is 12.4 Å². The van der Waals surface area contributed by atoms with Gasteiger partial charge < -0.3 is 9.26 Å². The van der Waals surface area contributed by atoms with Gasteiger partial charge in [-0.15, -0.1) is 0 Å². The first kappa shape index (κ1) is 18.9. The zero-order valence-corrected chi connectivity index (χ0v) is 16.9. The minimum Gasteiger partial charge on any atom is -0.489 e. The molecular weight excluding hydrogens is 360 g/mol. The van der Waals surface area contributed by atoms with Crippen molar-refractivity contribution in [3.63, 3.8) is 0 Å². The van der Waals surface area contributed by atoms with Gasteiger partial charge in [-0.3, -0.25) is 0 Å². The van der Waals surface area contributed by atoms with Crippen molar-refractivity contribution in [2.75, 3.05) is 0 Å². The van der Waals surface area contributed by atoms with Crippen molar-refractivity contribution >= 4 is 0 Å². The molecule has 0 atom stereocenters. The summed E-state index contributed by atoms with van der Waals surface area (Å²) in [5.41, 5.74) is 4.33. The lowest BCUT2D eigenvalue weighted by molar-refractivity contribution is 0.306. The summed E-state index contributed by atoms with van der Waals surface area (Å²) in [6.45, 7) is 7.13. The normalized spacial score (nSPS) is 11.4. The molecule has 29 heavy (non-hydrogen) atoms. The van der Waals surface area contributed by atoms with Gasteiger partial charge in [0.05, 0.1) is 0 Å². The van der Waals surface area contributed by atoms with Crippen molar-refractivity contribution in [1.29, 1.82) is 0 Å². The first-order chi connectivity index (χ1) is 14.0. The Kier molecular flexibility index (Phi) is 5.17. The predicted octanol–water partition coefficient (Wildman–Crippen LogP) is 6.28. The van der Waals surface area contributed by atoms with Crippen LogP contribution in [0.5, 0.6) is 5.75 Å². The van der Waals surface area contributed by atoms with Crippen LogP contribution in [0.2, 0.25) is 0 Å². The Labute approximate surface area is 171 Å². The molecule has 1 aromatic heterocycles. The van der Waals surface area contributed by atoms with E-state index in [9.17, 15) is 0 Å². The lowest BCUT2D eigenvalue weighted by Crippen LogP contribution is -2.10. The molecule has 3 aromatic carbocycles. The summed E-state index contributed by atoms with van der Waals surface area (Å²) in [4.78, 5) is 4.55. The molecule has 0 radical (unpaired) electrons. The van der Waals surface area contributed by atoms with Crippen LogP contribution < -0.4 is 4.74 Å². The Morgan fingerprint density at radius 1 is 0.793 bits per heavy atom. The van der Waals surface area contributed by atoms with Crippen LogP contribution in [0.25, 0.3) is 22.8 Å². The summed E-state index contributed by atoms with van der Waals surface area (Å²) in [7, 11) is 0. The van der Waals surface area contributed by atoms with E-state index in [0.717, 1.165) is 22.4 Å². The van der Waals surface area contributed by atoms with Crippen molar-refractivity contribution in [1.82, 2.24) is 10.1 Å². The van der Waals surface area contributed by atoms with E-state index in [4.69, 9.17) is 9.26 Å². The van der Waals surface area contributed by atoms with Crippen molar-refractivity contribution < 1.29 is 9.26 Å². The highest BCUT2D eigenvalue weighted by Crippen LogP contribution is 2.27. The van der Waals surface area contributed by atoms with Gasteiger partial charge in [-0.05, 0) is 40.8 Å². The quantitative estimate of drug-likeness (QED) is 0.406. The van der Waals surface area contributed by atoms with E-state index in [-0.39, 0.29) is 5.41 Å². The Morgan fingerprint density at radius 3 is 2.10 bits per heavy atom. The maximum Gasteiger partial charge on any atom is 0.258 e. The highest BCUT2D eigenvalue weighted by atomic mass is 16.5. The Hall–Kier alpha value is -3.40. The lowest BCUT2D eigenvalue weighted by atomic mass is 9.87. The monoisotopic (exact) mass is 384 g/mol. The molecule has 0 fully saturated rings. The summed E-state index contributed by atoms with van der Waals surface area (Å²) >= 11 is 0. The zero-order chi connectivity index (χ0) is 20.3. The van der Waals surface area contributed by atoms with Gasteiger partial charge in [0.15, 0.2) is 0 Å². The number of hydrogen-bond acceptors (Lipinski definition) is 4. The van der Waals surface area contributed by atoms with Crippen molar-refractivity contribution in [2.24, 2.45) is 0 Å². The number of benzene rings is 3. The standard InChI is InChI=1S/C25H24N2O2/c1-25(2,3)21-13-9-19(10-14-21)23-26-24(29-27-23)20-11-15-22(16-12-20)28-17-18-7-5-4-6-8-18/h4-16H,17H2,1-3H3. The smallest absolute Gasteiger partial charge is 0.258 e. The second kappa shape index (κ2) is 7.92. The predicted molar refractivity (Wildman–Crippen MR) is 115 cm³/mol. The molecule has 146 valence electrons. The van der Waals surface area contributed by atoms with E-state index in [2.05, 4.69) is 43.0 Å². The maximum atomic E-state index is 5.83. The molecule has 0 N–H and O–H groups in total. The van der Waals surface area contributed by atoms with Crippen LogP contribution in [-0.4, -0.2) is 10.1 Å². The SMILES string of the molecule is CC(C)(C)c1ccc(-c2noc(-c3ccc(OCc4ccccc4)cc3)n2)cc1. The number of nitrogens with zero attached hydrogens (tertiary/aromatic N) is 2. The summed E-state index contributed by atoms with van der Waals surface area (Å²) in [5.74, 6) is 1.88. The average Bonchev–Trinajstić information content (AvgIpc) is 3.23. The van der Waals surface area contributed by atoms with Gasteiger partial charge in [0.2, 0.25) is 5.82 Å². The average molecular weight is 384 g/mol. The van der Waals surface area contributed by atoms with E-state index in [1.54, 1.807) is 0 Å². The molecule has 0 aliphatic heterocycles. The molecule has 0 unspecified atom stereocenters. The molecule has 1 heterocycles. The summed E-state index contributed by atoms with van der Waals surface area (Å²) < 4.78 is 11.3. The van der Waals surface area contributed by atoms with Crippen LogP contribution >= 0.6 is 0 Å². The molecule has 0 saturated carbocycles. The number of ether oxygens (including phenoxy) is 1. The third-order valence-corrected chi connectivity index (χ3v) is 4.78. The van der Waals surface area contributed by atoms with Crippen LogP contribution in [0, 0.1) is 0 Å². The minimum absolute atomic E-state index is 0.116. The van der Waals surface area contributed by atoms with Gasteiger partial charge >= 0.3 is 0 Å². The van der Waals surface area contributed by atoms with Crippen LogP contribution in [0.3, 0.4) is 0 Å². The largest absolute Gasteiger partial charge is 0.489 e. The number of hydrogen-bond donors (Lipinski definition) is 0. The van der Waals surface area contributed by atoms with Crippen LogP contribution in [-0.2, 0) is 12.0 Å². The highest BCUT2D eigenvalue weighted by Gasteiger charge is 2.15. The third-order valence-electron chi connectivity index (χ3n) is 4.78. The second-order valence-electron chi connectivity index (χ2n) is 8.05. The van der Waals surface area contributed by atoms with Gasteiger partial charge in [-0.1, -0.05) is 80.5 Å². The molecule has 4 nitrogen and oxygen atoms in total. The fourth-order valence-corrected chi connectivity index (χ4v) is 3.01. The Balaban J connectivity index is 1.45. The zero-order valence-electron chi connectivity index (χ0n) is 16.9. The molecule has 4 rings (SSSR count). The molecule has 0 amide bonds. The molecule has 0 aliphatic carbocycles. The van der Waals surface area contributed by atoms with E-state index in [1.807, 2.05) is 66.7 Å². The van der Waals surface area contributed by atoms with Crippen molar-refractivity contribution in [3.05, 3.63) is 90.0 Å². The molecule has 0 spiro atoms. The summed E-state index contributed by atoms with van der Waals surface area (Å²) in [6.07, 6.45) is 0. The fourth-order valence-electron chi connectivity index (χ4n) is 3.01. The molecule has 0 aliphatic rings. The maximum absolute atomic E-state index is 5.83. The Bertz CT molecular complexity index is 1060.